The first-order chi connectivity index (χ1) is 7.61. The average Bonchev–Trinajstić information content (AvgIpc) is 2.25. The van der Waals surface area contributed by atoms with Gasteiger partial charge >= 0.3 is 11.9 Å². The fourth-order valence-corrected chi connectivity index (χ4v) is 1.25. The molecule has 0 rings (SSSR count). The maximum absolute atomic E-state index is 11.5. The summed E-state index contributed by atoms with van der Waals surface area (Å²) in [6, 6.07) is 0. The van der Waals surface area contributed by atoms with Crippen LogP contribution in [0, 0.1) is 5.92 Å². The molecule has 0 aliphatic heterocycles. The molecule has 0 saturated carbocycles. The standard InChI is InChI=1S/C12H20O4/c1-4-6-7-11(5-2)12(14)16-9-8-15-10(3)13/h8-9,11H,4-7H2,1-3H3. The third-order valence-corrected chi connectivity index (χ3v) is 2.21. The van der Waals surface area contributed by atoms with E-state index in [2.05, 4.69) is 11.7 Å². The van der Waals surface area contributed by atoms with Gasteiger partial charge in [0.05, 0.1) is 5.92 Å². The van der Waals surface area contributed by atoms with Gasteiger partial charge in [-0.2, -0.15) is 0 Å². The summed E-state index contributed by atoms with van der Waals surface area (Å²) in [5.41, 5.74) is 0. The average molecular weight is 228 g/mol. The fraction of sp³-hybridized carbons (Fsp3) is 0.667. The van der Waals surface area contributed by atoms with Gasteiger partial charge in [0.25, 0.3) is 0 Å². The van der Waals surface area contributed by atoms with Crippen molar-refractivity contribution in [2.45, 2.75) is 46.5 Å². The Morgan fingerprint density at radius 1 is 1.19 bits per heavy atom. The lowest BCUT2D eigenvalue weighted by Gasteiger charge is -2.10. The number of hydrogen-bond donors (Lipinski definition) is 0. The Bertz CT molecular complexity index is 245. The van der Waals surface area contributed by atoms with Crippen molar-refractivity contribution in [2.75, 3.05) is 0 Å². The first-order valence-corrected chi connectivity index (χ1v) is 5.64. The van der Waals surface area contributed by atoms with E-state index in [0.717, 1.165) is 38.2 Å². The Morgan fingerprint density at radius 3 is 2.31 bits per heavy atom. The van der Waals surface area contributed by atoms with Crippen LogP contribution in [0.25, 0.3) is 0 Å². The monoisotopic (exact) mass is 228 g/mol. The number of ether oxygens (including phenoxy) is 2. The highest BCUT2D eigenvalue weighted by molar-refractivity contribution is 5.73. The van der Waals surface area contributed by atoms with Crippen molar-refractivity contribution >= 4 is 11.9 Å². The first kappa shape index (κ1) is 14.7. The van der Waals surface area contributed by atoms with Gasteiger partial charge in [0.2, 0.25) is 0 Å². The van der Waals surface area contributed by atoms with Gasteiger partial charge in [-0.25, -0.2) is 0 Å². The molecule has 0 aliphatic carbocycles. The Kier molecular flexibility index (Phi) is 8.21. The molecule has 0 spiro atoms. The van der Waals surface area contributed by atoms with Gasteiger partial charge in [0.15, 0.2) is 0 Å². The zero-order valence-electron chi connectivity index (χ0n) is 10.2. The Balaban J connectivity index is 3.91. The van der Waals surface area contributed by atoms with Crippen LogP contribution in [0.5, 0.6) is 0 Å². The summed E-state index contributed by atoms with van der Waals surface area (Å²) in [5.74, 6) is -0.772. The molecular weight excluding hydrogens is 208 g/mol. The van der Waals surface area contributed by atoms with Gasteiger partial charge in [-0.15, -0.1) is 0 Å². The summed E-state index contributed by atoms with van der Waals surface area (Å²) in [6.07, 6.45) is 5.87. The predicted octanol–water partition coefficient (Wildman–Crippen LogP) is 2.78. The molecule has 0 amide bonds. The number of carbonyl (C=O) groups is 2. The predicted molar refractivity (Wildman–Crippen MR) is 60.3 cm³/mol. The number of unbranched alkanes of at least 4 members (excludes halogenated alkanes) is 1. The molecule has 4 heteroatoms. The van der Waals surface area contributed by atoms with Crippen molar-refractivity contribution in [3.8, 4) is 0 Å². The van der Waals surface area contributed by atoms with Gasteiger partial charge in [-0.3, -0.25) is 9.59 Å². The molecule has 1 unspecified atom stereocenters. The molecule has 0 radical (unpaired) electrons. The quantitative estimate of drug-likeness (QED) is 0.496. The first-order valence-electron chi connectivity index (χ1n) is 5.64. The van der Waals surface area contributed by atoms with Crippen LogP contribution in [-0.4, -0.2) is 11.9 Å². The van der Waals surface area contributed by atoms with Crippen molar-refractivity contribution < 1.29 is 19.1 Å². The molecule has 0 heterocycles. The lowest BCUT2D eigenvalue weighted by atomic mass is 10.00. The Labute approximate surface area is 96.6 Å². The minimum Gasteiger partial charge on any atom is -0.431 e. The van der Waals surface area contributed by atoms with Crippen molar-refractivity contribution in [1.29, 1.82) is 0 Å². The maximum Gasteiger partial charge on any atom is 0.313 e. The SMILES string of the molecule is CCCCC(CC)C(=O)OC=COC(C)=O. The molecule has 0 aromatic rings. The zero-order chi connectivity index (χ0) is 12.4. The molecule has 4 nitrogen and oxygen atoms in total. The molecule has 0 aromatic carbocycles. The number of carbonyl (C=O) groups excluding carboxylic acids is 2. The normalized spacial score (nSPS) is 12.4. The highest BCUT2D eigenvalue weighted by Gasteiger charge is 2.16. The minimum atomic E-state index is -0.440. The van der Waals surface area contributed by atoms with Crippen LogP contribution in [0.3, 0.4) is 0 Å². The van der Waals surface area contributed by atoms with Crippen LogP contribution in [0.2, 0.25) is 0 Å². The second-order valence-corrected chi connectivity index (χ2v) is 3.57. The number of esters is 2. The summed E-state index contributed by atoms with van der Waals surface area (Å²) < 4.78 is 9.34. The van der Waals surface area contributed by atoms with E-state index in [1.807, 2.05) is 6.92 Å². The molecular formula is C12H20O4. The molecule has 0 aliphatic rings. The topological polar surface area (TPSA) is 52.6 Å². The van der Waals surface area contributed by atoms with Gasteiger partial charge in [0, 0.05) is 6.92 Å². The minimum absolute atomic E-state index is 0.0677. The van der Waals surface area contributed by atoms with Crippen LogP contribution in [-0.2, 0) is 19.1 Å². The third kappa shape index (κ3) is 7.04. The van der Waals surface area contributed by atoms with Gasteiger partial charge < -0.3 is 9.47 Å². The highest BCUT2D eigenvalue weighted by Crippen LogP contribution is 2.14. The van der Waals surface area contributed by atoms with Crippen LogP contribution in [0.4, 0.5) is 0 Å². The lowest BCUT2D eigenvalue weighted by molar-refractivity contribution is -0.144. The number of hydrogen-bond acceptors (Lipinski definition) is 4. The zero-order valence-corrected chi connectivity index (χ0v) is 10.2. The molecule has 16 heavy (non-hydrogen) atoms. The van der Waals surface area contributed by atoms with Crippen molar-refractivity contribution in [3.63, 3.8) is 0 Å². The van der Waals surface area contributed by atoms with Gasteiger partial charge in [-0.05, 0) is 12.8 Å². The highest BCUT2D eigenvalue weighted by atomic mass is 16.6. The maximum atomic E-state index is 11.5. The molecule has 0 fully saturated rings. The van der Waals surface area contributed by atoms with Crippen molar-refractivity contribution in [3.05, 3.63) is 12.5 Å². The number of rotatable bonds is 7. The van der Waals surface area contributed by atoms with E-state index in [4.69, 9.17) is 4.74 Å². The second kappa shape index (κ2) is 8.95. The van der Waals surface area contributed by atoms with Crippen molar-refractivity contribution in [1.82, 2.24) is 0 Å². The van der Waals surface area contributed by atoms with E-state index in [1.54, 1.807) is 0 Å². The summed E-state index contributed by atoms with van der Waals surface area (Å²) >= 11 is 0. The van der Waals surface area contributed by atoms with Crippen LogP contribution < -0.4 is 0 Å². The lowest BCUT2D eigenvalue weighted by Crippen LogP contribution is -2.14. The molecule has 1 atom stereocenters. The van der Waals surface area contributed by atoms with Crippen molar-refractivity contribution in [2.24, 2.45) is 5.92 Å². The van der Waals surface area contributed by atoms with E-state index in [-0.39, 0.29) is 11.9 Å². The van der Waals surface area contributed by atoms with Crippen LogP contribution in [0.15, 0.2) is 12.5 Å². The molecule has 92 valence electrons. The van der Waals surface area contributed by atoms with E-state index in [1.165, 1.54) is 6.92 Å². The second-order valence-electron chi connectivity index (χ2n) is 3.57. The van der Waals surface area contributed by atoms with Crippen LogP contribution in [0.1, 0.15) is 46.5 Å². The molecule has 0 aromatic heterocycles. The summed E-state index contributed by atoms with van der Waals surface area (Å²) in [7, 11) is 0. The van der Waals surface area contributed by atoms with E-state index >= 15 is 0 Å². The molecule has 0 bridgehead atoms. The van der Waals surface area contributed by atoms with E-state index in [9.17, 15) is 9.59 Å². The van der Waals surface area contributed by atoms with E-state index < -0.39 is 5.97 Å². The summed E-state index contributed by atoms with van der Waals surface area (Å²) in [5, 5.41) is 0. The Hall–Kier alpha value is -1.32. The summed E-state index contributed by atoms with van der Waals surface area (Å²) in [4.78, 5) is 21.9. The summed E-state index contributed by atoms with van der Waals surface area (Å²) in [6.45, 7) is 5.32. The smallest absolute Gasteiger partial charge is 0.313 e. The van der Waals surface area contributed by atoms with E-state index in [0.29, 0.717) is 0 Å². The molecule has 0 saturated heterocycles. The third-order valence-electron chi connectivity index (χ3n) is 2.21. The van der Waals surface area contributed by atoms with Crippen LogP contribution >= 0.6 is 0 Å². The largest absolute Gasteiger partial charge is 0.431 e. The van der Waals surface area contributed by atoms with Gasteiger partial charge in [0.1, 0.15) is 12.5 Å². The fourth-order valence-electron chi connectivity index (χ4n) is 1.25. The Morgan fingerprint density at radius 2 is 1.81 bits per heavy atom. The molecule has 0 N–H and O–H groups in total. The van der Waals surface area contributed by atoms with Gasteiger partial charge in [-0.1, -0.05) is 26.7 Å².